The Bertz CT molecular complexity index is 631. The first-order chi connectivity index (χ1) is 11.5. The summed E-state index contributed by atoms with van der Waals surface area (Å²) in [6, 6.07) is 6.42. The zero-order valence-electron chi connectivity index (χ0n) is 14.7. The Kier molecular flexibility index (Phi) is 4.85. The van der Waals surface area contributed by atoms with Crippen molar-refractivity contribution in [2.24, 2.45) is 0 Å². The smallest absolute Gasteiger partial charge is 0.236 e. The fraction of sp³-hybridized carbons (Fsp3) is 0.611. The number of fused-ring (bicyclic) bond motifs is 1. The van der Waals surface area contributed by atoms with E-state index in [2.05, 4.69) is 9.88 Å². The van der Waals surface area contributed by atoms with Gasteiger partial charge in [-0.2, -0.15) is 0 Å². The van der Waals surface area contributed by atoms with Crippen LogP contribution in [-0.4, -0.2) is 70.8 Å². The number of carbonyl (C=O) groups excluding carboxylic acids is 2. The van der Waals surface area contributed by atoms with Gasteiger partial charge in [-0.15, -0.1) is 0 Å². The average molecular weight is 330 g/mol. The maximum atomic E-state index is 12.5. The second kappa shape index (κ2) is 6.89. The zero-order chi connectivity index (χ0) is 17.3. The molecule has 24 heavy (non-hydrogen) atoms. The number of carbonyl (C=O) groups is 2. The van der Waals surface area contributed by atoms with Gasteiger partial charge in [0.15, 0.2) is 0 Å². The van der Waals surface area contributed by atoms with E-state index in [-0.39, 0.29) is 23.9 Å². The number of amides is 2. The molecule has 2 atom stereocenters. The van der Waals surface area contributed by atoms with E-state index in [1.807, 2.05) is 30.0 Å². The van der Waals surface area contributed by atoms with Crippen molar-refractivity contribution >= 4 is 11.8 Å². The summed E-state index contributed by atoms with van der Waals surface area (Å²) in [7, 11) is 3.58. The first kappa shape index (κ1) is 16.9. The highest BCUT2D eigenvalue weighted by atomic mass is 16.2. The molecule has 2 aliphatic heterocycles. The lowest BCUT2D eigenvalue weighted by Crippen LogP contribution is -2.53. The van der Waals surface area contributed by atoms with Crippen molar-refractivity contribution in [3.8, 4) is 0 Å². The number of aromatic nitrogens is 1. The van der Waals surface area contributed by atoms with Gasteiger partial charge in [0.2, 0.25) is 11.8 Å². The van der Waals surface area contributed by atoms with Crippen LogP contribution in [0, 0.1) is 6.92 Å². The summed E-state index contributed by atoms with van der Waals surface area (Å²) >= 11 is 0. The van der Waals surface area contributed by atoms with E-state index in [9.17, 15) is 9.59 Å². The third-order valence-corrected chi connectivity index (χ3v) is 5.12. The van der Waals surface area contributed by atoms with Gasteiger partial charge in [-0.3, -0.25) is 19.5 Å². The predicted octanol–water partition coefficient (Wildman–Crippen LogP) is 1.04. The normalized spacial score (nSPS) is 24.1. The first-order valence-corrected chi connectivity index (χ1v) is 8.62. The van der Waals surface area contributed by atoms with Crippen molar-refractivity contribution in [3.63, 3.8) is 0 Å². The molecular formula is C18H26N4O2. The fourth-order valence-corrected chi connectivity index (χ4v) is 3.82. The van der Waals surface area contributed by atoms with Crippen molar-refractivity contribution < 1.29 is 9.59 Å². The Morgan fingerprint density at radius 3 is 2.79 bits per heavy atom. The Hall–Kier alpha value is -1.95. The number of likely N-dealkylation sites (tertiary alicyclic amines) is 2. The molecule has 2 fully saturated rings. The number of nitrogens with zero attached hydrogens (tertiary/aromatic N) is 4. The van der Waals surface area contributed by atoms with Crippen LogP contribution >= 0.6 is 0 Å². The molecule has 6 heteroatoms. The number of hydrogen-bond donors (Lipinski definition) is 0. The molecule has 0 saturated carbocycles. The molecular weight excluding hydrogens is 304 g/mol. The number of hydrogen-bond acceptors (Lipinski definition) is 4. The Labute approximate surface area is 143 Å². The minimum absolute atomic E-state index is 0.124. The molecule has 0 bridgehead atoms. The highest BCUT2D eigenvalue weighted by Crippen LogP contribution is 2.32. The second-order valence-corrected chi connectivity index (χ2v) is 7.01. The lowest BCUT2D eigenvalue weighted by atomic mass is 9.96. The summed E-state index contributed by atoms with van der Waals surface area (Å²) in [4.78, 5) is 34.9. The molecule has 0 N–H and O–H groups in total. The Morgan fingerprint density at radius 2 is 2.08 bits per heavy atom. The summed E-state index contributed by atoms with van der Waals surface area (Å²) in [5.41, 5.74) is 1.91. The minimum atomic E-state index is 0.124. The molecule has 6 nitrogen and oxygen atoms in total. The SMILES string of the molecule is Cc1cccc(CN2C(=O)CC[C@H]3[C@@H]2CCN3CC(=O)N(C)C)n1. The summed E-state index contributed by atoms with van der Waals surface area (Å²) in [5, 5.41) is 0. The highest BCUT2D eigenvalue weighted by Gasteiger charge is 2.43. The fourth-order valence-electron chi connectivity index (χ4n) is 3.82. The topological polar surface area (TPSA) is 56.8 Å². The van der Waals surface area contributed by atoms with E-state index in [1.54, 1.807) is 19.0 Å². The second-order valence-electron chi connectivity index (χ2n) is 7.01. The van der Waals surface area contributed by atoms with Gasteiger partial charge in [-0.1, -0.05) is 6.07 Å². The maximum Gasteiger partial charge on any atom is 0.236 e. The lowest BCUT2D eigenvalue weighted by Gasteiger charge is -2.39. The zero-order valence-corrected chi connectivity index (χ0v) is 14.7. The standard InChI is InChI=1S/C18H26N4O2/c1-13-5-4-6-14(19-13)11-22-16-9-10-21(12-18(24)20(2)3)15(16)7-8-17(22)23/h4-6,15-16H,7-12H2,1-3H3/t15-,16-/m0/s1. The quantitative estimate of drug-likeness (QED) is 0.828. The van der Waals surface area contributed by atoms with E-state index in [1.165, 1.54) is 0 Å². The van der Waals surface area contributed by atoms with Crippen LogP contribution in [0.1, 0.15) is 30.7 Å². The maximum absolute atomic E-state index is 12.5. The summed E-state index contributed by atoms with van der Waals surface area (Å²) in [5.74, 6) is 0.333. The van der Waals surface area contributed by atoms with Crippen LogP contribution in [0.15, 0.2) is 18.2 Å². The largest absolute Gasteiger partial charge is 0.348 e. The third-order valence-electron chi connectivity index (χ3n) is 5.12. The molecule has 130 valence electrons. The first-order valence-electron chi connectivity index (χ1n) is 8.62. The monoisotopic (exact) mass is 330 g/mol. The van der Waals surface area contributed by atoms with Crippen molar-refractivity contribution in [2.45, 2.75) is 44.8 Å². The summed E-state index contributed by atoms with van der Waals surface area (Å²) in [6.45, 7) is 3.85. The van der Waals surface area contributed by atoms with Gasteiger partial charge in [0.05, 0.1) is 18.8 Å². The number of likely N-dealkylation sites (N-methyl/N-ethyl adjacent to an activating group) is 1. The number of pyridine rings is 1. The number of rotatable bonds is 4. The van der Waals surface area contributed by atoms with Crippen molar-refractivity contribution in [1.29, 1.82) is 0 Å². The van der Waals surface area contributed by atoms with Gasteiger partial charge in [-0.25, -0.2) is 0 Å². The van der Waals surface area contributed by atoms with Crippen molar-refractivity contribution in [3.05, 3.63) is 29.6 Å². The van der Waals surface area contributed by atoms with Crippen LogP contribution in [-0.2, 0) is 16.1 Å². The van der Waals surface area contributed by atoms with Gasteiger partial charge in [-0.05, 0) is 31.9 Å². The van der Waals surface area contributed by atoms with Crippen LogP contribution in [0.25, 0.3) is 0 Å². The molecule has 1 aromatic heterocycles. The molecule has 2 aliphatic rings. The highest BCUT2D eigenvalue weighted by molar-refractivity contribution is 5.79. The van der Waals surface area contributed by atoms with E-state index in [0.29, 0.717) is 19.5 Å². The third kappa shape index (κ3) is 3.43. The van der Waals surface area contributed by atoms with Crippen LogP contribution in [0.2, 0.25) is 0 Å². The van der Waals surface area contributed by atoms with Gasteiger partial charge >= 0.3 is 0 Å². The van der Waals surface area contributed by atoms with E-state index >= 15 is 0 Å². The number of aryl methyl sites for hydroxylation is 1. The molecule has 0 aliphatic carbocycles. The Morgan fingerprint density at radius 1 is 1.29 bits per heavy atom. The van der Waals surface area contributed by atoms with Crippen molar-refractivity contribution in [2.75, 3.05) is 27.2 Å². The molecule has 0 spiro atoms. The van der Waals surface area contributed by atoms with Crippen LogP contribution in [0.4, 0.5) is 0 Å². The summed E-state index contributed by atoms with van der Waals surface area (Å²) < 4.78 is 0. The molecule has 0 aromatic carbocycles. The summed E-state index contributed by atoms with van der Waals surface area (Å²) in [6.07, 6.45) is 2.34. The van der Waals surface area contributed by atoms with E-state index in [0.717, 1.165) is 30.8 Å². The van der Waals surface area contributed by atoms with E-state index < -0.39 is 0 Å². The molecule has 0 unspecified atom stereocenters. The van der Waals surface area contributed by atoms with Crippen LogP contribution < -0.4 is 0 Å². The molecule has 2 saturated heterocycles. The molecule has 2 amide bonds. The van der Waals surface area contributed by atoms with E-state index in [4.69, 9.17) is 0 Å². The van der Waals surface area contributed by atoms with Gasteiger partial charge in [0, 0.05) is 44.8 Å². The van der Waals surface area contributed by atoms with Gasteiger partial charge < -0.3 is 9.80 Å². The molecule has 1 aromatic rings. The molecule has 3 heterocycles. The average Bonchev–Trinajstić information content (AvgIpc) is 2.93. The van der Waals surface area contributed by atoms with Crippen LogP contribution in [0.3, 0.4) is 0 Å². The van der Waals surface area contributed by atoms with Gasteiger partial charge in [0.25, 0.3) is 0 Å². The Balaban J connectivity index is 1.72. The van der Waals surface area contributed by atoms with Crippen LogP contribution in [0.5, 0.6) is 0 Å². The molecule has 0 radical (unpaired) electrons. The minimum Gasteiger partial charge on any atom is -0.348 e. The lowest BCUT2D eigenvalue weighted by molar-refractivity contribution is -0.139. The van der Waals surface area contributed by atoms with Gasteiger partial charge in [0.1, 0.15) is 0 Å². The molecule has 3 rings (SSSR count). The number of piperidine rings is 1. The predicted molar refractivity (Wildman–Crippen MR) is 91.2 cm³/mol. The van der Waals surface area contributed by atoms with Crippen molar-refractivity contribution in [1.82, 2.24) is 19.7 Å².